The van der Waals surface area contributed by atoms with Crippen molar-refractivity contribution >= 4 is 6.03 Å². The Balaban J connectivity index is 1.76. The zero-order valence-electron chi connectivity index (χ0n) is 15.7. The summed E-state index contributed by atoms with van der Waals surface area (Å²) in [5.41, 5.74) is 1.63. The number of rotatable bonds is 4. The maximum Gasteiger partial charge on any atom is 0.318 e. The van der Waals surface area contributed by atoms with Crippen LogP contribution in [0.25, 0.3) is 0 Å². The molecule has 2 atom stereocenters. The first kappa shape index (κ1) is 18.9. The van der Waals surface area contributed by atoms with Crippen LogP contribution in [0.3, 0.4) is 0 Å². The van der Waals surface area contributed by atoms with Crippen LogP contribution in [-0.4, -0.2) is 34.8 Å². The van der Waals surface area contributed by atoms with Crippen molar-refractivity contribution in [2.24, 2.45) is 0 Å². The average molecular weight is 370 g/mol. The van der Waals surface area contributed by atoms with Gasteiger partial charge in [-0.3, -0.25) is 0 Å². The number of nitrogens with one attached hydrogen (secondary N) is 1. The van der Waals surface area contributed by atoms with Gasteiger partial charge in [-0.15, -0.1) is 0 Å². The molecule has 2 amide bonds. The van der Waals surface area contributed by atoms with Crippen LogP contribution in [0, 0.1) is 0 Å². The van der Waals surface area contributed by atoms with E-state index in [1.54, 1.807) is 24.1 Å². The number of carbonyl (C=O) groups excluding carboxylic acids is 1. The van der Waals surface area contributed by atoms with Gasteiger partial charge in [0.05, 0.1) is 19.2 Å². The molecule has 0 radical (unpaired) electrons. The Morgan fingerprint density at radius 3 is 2.78 bits per heavy atom. The SMILES string of the molecule is COc1cccc([C@H](C)NC(=O)N2CCCCC2c2ccc(O)cc2O)c1. The lowest BCUT2D eigenvalue weighted by atomic mass is 9.94. The first-order chi connectivity index (χ1) is 13.0. The number of nitrogens with zero attached hydrogens (tertiary/aromatic N) is 1. The Morgan fingerprint density at radius 2 is 2.04 bits per heavy atom. The summed E-state index contributed by atoms with van der Waals surface area (Å²) < 4.78 is 5.25. The van der Waals surface area contributed by atoms with Gasteiger partial charge < -0.3 is 25.2 Å². The number of piperidine rings is 1. The Hall–Kier alpha value is -2.89. The summed E-state index contributed by atoms with van der Waals surface area (Å²) in [5.74, 6) is 0.772. The number of hydrogen-bond donors (Lipinski definition) is 3. The molecule has 0 spiro atoms. The van der Waals surface area contributed by atoms with Crippen LogP contribution in [0.4, 0.5) is 4.79 Å². The minimum absolute atomic E-state index is 0.00899. The third kappa shape index (κ3) is 4.27. The third-order valence-electron chi connectivity index (χ3n) is 5.07. The molecule has 1 heterocycles. The van der Waals surface area contributed by atoms with Crippen molar-refractivity contribution in [3.05, 3.63) is 53.6 Å². The molecule has 1 aliphatic rings. The van der Waals surface area contributed by atoms with Crippen molar-refractivity contribution in [1.29, 1.82) is 0 Å². The molecule has 6 heteroatoms. The van der Waals surface area contributed by atoms with E-state index in [4.69, 9.17) is 4.74 Å². The minimum Gasteiger partial charge on any atom is -0.508 e. The summed E-state index contributed by atoms with van der Waals surface area (Å²) in [6.45, 7) is 2.56. The van der Waals surface area contributed by atoms with Gasteiger partial charge in [0, 0.05) is 18.2 Å². The van der Waals surface area contributed by atoms with E-state index in [0.29, 0.717) is 12.1 Å². The fourth-order valence-electron chi connectivity index (χ4n) is 3.57. The first-order valence-electron chi connectivity index (χ1n) is 9.22. The van der Waals surface area contributed by atoms with Crippen LogP contribution in [0.15, 0.2) is 42.5 Å². The molecule has 0 aliphatic carbocycles. The van der Waals surface area contributed by atoms with Gasteiger partial charge in [-0.2, -0.15) is 0 Å². The van der Waals surface area contributed by atoms with E-state index in [1.165, 1.54) is 6.07 Å². The van der Waals surface area contributed by atoms with Crippen molar-refractivity contribution in [3.8, 4) is 17.2 Å². The summed E-state index contributed by atoms with van der Waals surface area (Å²) in [7, 11) is 1.62. The van der Waals surface area contributed by atoms with E-state index < -0.39 is 0 Å². The highest BCUT2D eigenvalue weighted by atomic mass is 16.5. The van der Waals surface area contributed by atoms with E-state index in [0.717, 1.165) is 30.6 Å². The van der Waals surface area contributed by atoms with E-state index in [1.807, 2.05) is 31.2 Å². The normalized spacial score (nSPS) is 18.0. The van der Waals surface area contributed by atoms with Crippen LogP contribution in [0.1, 0.15) is 49.4 Å². The van der Waals surface area contributed by atoms with Gasteiger partial charge in [0.2, 0.25) is 0 Å². The molecule has 27 heavy (non-hydrogen) atoms. The van der Waals surface area contributed by atoms with Gasteiger partial charge in [-0.1, -0.05) is 12.1 Å². The monoisotopic (exact) mass is 370 g/mol. The van der Waals surface area contributed by atoms with Crippen molar-refractivity contribution in [2.45, 2.75) is 38.3 Å². The quantitative estimate of drug-likeness (QED) is 0.757. The van der Waals surface area contributed by atoms with E-state index in [2.05, 4.69) is 5.32 Å². The topological polar surface area (TPSA) is 82.0 Å². The second kappa shape index (κ2) is 8.20. The molecular formula is C21H26N2O4. The average Bonchev–Trinajstić information content (AvgIpc) is 2.68. The lowest BCUT2D eigenvalue weighted by molar-refractivity contribution is 0.147. The molecule has 2 aromatic carbocycles. The molecule has 1 saturated heterocycles. The van der Waals surface area contributed by atoms with Gasteiger partial charge >= 0.3 is 6.03 Å². The van der Waals surface area contributed by atoms with Crippen LogP contribution in [0.5, 0.6) is 17.2 Å². The smallest absolute Gasteiger partial charge is 0.318 e. The molecule has 144 valence electrons. The number of amides is 2. The lowest BCUT2D eigenvalue weighted by Gasteiger charge is -2.37. The molecule has 3 rings (SSSR count). The number of likely N-dealkylation sites (tertiary alicyclic amines) is 1. The molecule has 1 fully saturated rings. The largest absolute Gasteiger partial charge is 0.508 e. The Morgan fingerprint density at radius 1 is 1.22 bits per heavy atom. The number of methoxy groups -OCH3 is 1. The summed E-state index contributed by atoms with van der Waals surface area (Å²) in [4.78, 5) is 14.7. The van der Waals surface area contributed by atoms with Crippen molar-refractivity contribution in [1.82, 2.24) is 10.2 Å². The maximum atomic E-state index is 13.0. The van der Waals surface area contributed by atoms with Crippen molar-refractivity contribution < 1.29 is 19.7 Å². The molecule has 2 aromatic rings. The highest BCUT2D eigenvalue weighted by molar-refractivity contribution is 5.75. The van der Waals surface area contributed by atoms with Crippen LogP contribution in [0.2, 0.25) is 0 Å². The molecule has 0 saturated carbocycles. The van der Waals surface area contributed by atoms with Crippen LogP contribution < -0.4 is 10.1 Å². The number of carbonyl (C=O) groups is 1. The fraction of sp³-hybridized carbons (Fsp3) is 0.381. The molecular weight excluding hydrogens is 344 g/mol. The Kier molecular flexibility index (Phi) is 5.74. The van der Waals surface area contributed by atoms with E-state index >= 15 is 0 Å². The highest BCUT2D eigenvalue weighted by Crippen LogP contribution is 2.37. The molecule has 0 bridgehead atoms. The maximum absolute atomic E-state index is 13.0. The molecule has 3 N–H and O–H groups in total. The Bertz CT molecular complexity index is 809. The number of benzene rings is 2. The van der Waals surface area contributed by atoms with E-state index in [-0.39, 0.29) is 29.6 Å². The second-order valence-electron chi connectivity index (χ2n) is 6.90. The zero-order chi connectivity index (χ0) is 19.4. The van der Waals surface area contributed by atoms with Gasteiger partial charge in [0.1, 0.15) is 17.2 Å². The molecule has 1 unspecified atom stereocenters. The highest BCUT2D eigenvalue weighted by Gasteiger charge is 2.30. The van der Waals surface area contributed by atoms with Gasteiger partial charge in [-0.05, 0) is 56.0 Å². The standard InChI is InChI=1S/C21H26N2O4/c1-14(15-6-5-7-17(12-15)27-2)22-21(26)23-11-4-3-8-19(23)18-10-9-16(24)13-20(18)25/h5-7,9-10,12-14,19,24-25H,3-4,8,11H2,1-2H3,(H,22,26)/t14-,19?/m0/s1. The summed E-state index contributed by atoms with van der Waals surface area (Å²) in [6.07, 6.45) is 2.69. The second-order valence-corrected chi connectivity index (χ2v) is 6.90. The molecule has 6 nitrogen and oxygen atoms in total. The Labute approximate surface area is 159 Å². The lowest BCUT2D eigenvalue weighted by Crippen LogP contribution is -2.45. The summed E-state index contributed by atoms with van der Waals surface area (Å²) in [6, 6.07) is 11.6. The predicted octanol–water partition coefficient (Wildman–Crippen LogP) is 4.10. The van der Waals surface area contributed by atoms with Gasteiger partial charge in [-0.25, -0.2) is 4.79 Å². The van der Waals surface area contributed by atoms with Crippen LogP contribution >= 0.6 is 0 Å². The van der Waals surface area contributed by atoms with E-state index in [9.17, 15) is 15.0 Å². The third-order valence-corrected chi connectivity index (χ3v) is 5.07. The van der Waals surface area contributed by atoms with Crippen molar-refractivity contribution in [3.63, 3.8) is 0 Å². The van der Waals surface area contributed by atoms with Gasteiger partial charge in [0.15, 0.2) is 0 Å². The number of phenols is 2. The van der Waals surface area contributed by atoms with Crippen LogP contribution in [-0.2, 0) is 0 Å². The number of ether oxygens (including phenoxy) is 1. The number of urea groups is 1. The number of hydrogen-bond acceptors (Lipinski definition) is 4. The summed E-state index contributed by atoms with van der Waals surface area (Å²) in [5, 5.41) is 22.8. The van der Waals surface area contributed by atoms with Crippen molar-refractivity contribution in [2.75, 3.05) is 13.7 Å². The predicted molar refractivity (Wildman–Crippen MR) is 103 cm³/mol. The number of aromatic hydroxyl groups is 2. The summed E-state index contributed by atoms with van der Waals surface area (Å²) >= 11 is 0. The van der Waals surface area contributed by atoms with Gasteiger partial charge in [0.25, 0.3) is 0 Å². The first-order valence-corrected chi connectivity index (χ1v) is 9.22. The minimum atomic E-state index is -0.211. The fourth-order valence-corrected chi connectivity index (χ4v) is 3.57. The zero-order valence-corrected chi connectivity index (χ0v) is 15.7. The molecule has 0 aromatic heterocycles. The number of phenolic OH excluding ortho intramolecular Hbond substituents is 2. The molecule has 1 aliphatic heterocycles.